The molecule has 1 spiro atoms. The first-order valence-corrected chi connectivity index (χ1v) is 7.08. The minimum Gasteiger partial charge on any atom is -0.369 e. The molecule has 1 saturated heterocycles. The number of aliphatic imine (C=N–C) groups is 1. The summed E-state index contributed by atoms with van der Waals surface area (Å²) in [5.74, 6) is 1.06. The second kappa shape index (κ2) is 4.69. The van der Waals surface area contributed by atoms with Crippen molar-refractivity contribution in [2.24, 2.45) is 16.6 Å². The molecule has 0 radical (unpaired) electrons. The van der Waals surface area contributed by atoms with Gasteiger partial charge in [0, 0.05) is 6.54 Å². The van der Waals surface area contributed by atoms with E-state index in [1.165, 1.54) is 0 Å². The lowest BCUT2D eigenvalue weighted by atomic mass is 9.78. The fourth-order valence-electron chi connectivity index (χ4n) is 3.21. The number of anilines is 1. The van der Waals surface area contributed by atoms with Crippen LogP contribution in [0.3, 0.4) is 0 Å². The second-order valence-corrected chi connectivity index (χ2v) is 5.83. The van der Waals surface area contributed by atoms with E-state index in [0.717, 1.165) is 36.8 Å². The van der Waals surface area contributed by atoms with Gasteiger partial charge >= 0.3 is 0 Å². The van der Waals surface area contributed by atoms with E-state index in [1.54, 1.807) is 0 Å². The maximum Gasteiger partial charge on any atom is 0.196 e. The molecule has 0 aliphatic carbocycles. The van der Waals surface area contributed by atoms with Gasteiger partial charge in [0.15, 0.2) is 5.96 Å². The number of hydrogen-bond donors (Lipinski definition) is 2. The Labute approximate surface area is 118 Å². The van der Waals surface area contributed by atoms with Crippen LogP contribution < -0.4 is 16.0 Å². The van der Waals surface area contributed by atoms with Gasteiger partial charge in [-0.3, -0.25) is 4.99 Å². The summed E-state index contributed by atoms with van der Waals surface area (Å²) < 4.78 is 0. The number of nitrogens with one attached hydrogen (secondary N) is 1. The molecule has 102 valence electrons. The summed E-state index contributed by atoms with van der Waals surface area (Å²) in [6.45, 7) is 4.99. The highest BCUT2D eigenvalue weighted by Gasteiger charge is 2.48. The van der Waals surface area contributed by atoms with E-state index in [-0.39, 0.29) is 5.54 Å². The Hall–Kier alpha value is -1.26. The Morgan fingerprint density at radius 2 is 2.26 bits per heavy atom. The highest BCUT2D eigenvalue weighted by molar-refractivity contribution is 6.34. The summed E-state index contributed by atoms with van der Waals surface area (Å²) in [5, 5.41) is 4.17. The van der Waals surface area contributed by atoms with E-state index < -0.39 is 0 Å². The molecule has 0 aromatic heterocycles. The molecule has 4 nitrogen and oxygen atoms in total. The Bertz CT molecular complexity index is 516. The lowest BCUT2D eigenvalue weighted by Gasteiger charge is -2.46. The standard InChI is InChI=1S/C14H19ClN4/c1-10-8-17-7-6-14(10)9-18-13(16)19(14)12-5-3-2-4-11(12)15/h2-5,10,17H,6-9H2,1H3,(H2,16,18). The molecule has 0 amide bonds. The molecular formula is C14H19ClN4. The number of nitrogens with two attached hydrogens (primary N) is 1. The van der Waals surface area contributed by atoms with Crippen molar-refractivity contribution in [3.05, 3.63) is 29.3 Å². The SMILES string of the molecule is CC1CNCCC12CN=C(N)N2c1ccccc1Cl. The average molecular weight is 279 g/mol. The molecule has 0 saturated carbocycles. The Morgan fingerprint density at radius 1 is 1.47 bits per heavy atom. The van der Waals surface area contributed by atoms with Crippen LogP contribution in [0.5, 0.6) is 0 Å². The van der Waals surface area contributed by atoms with Gasteiger partial charge in [-0.1, -0.05) is 30.7 Å². The number of guanidine groups is 1. The molecule has 19 heavy (non-hydrogen) atoms. The lowest BCUT2D eigenvalue weighted by molar-refractivity contribution is 0.240. The third-order valence-corrected chi connectivity index (χ3v) is 4.70. The predicted molar refractivity (Wildman–Crippen MR) is 79.8 cm³/mol. The second-order valence-electron chi connectivity index (χ2n) is 5.42. The van der Waals surface area contributed by atoms with Crippen LogP contribution in [0, 0.1) is 5.92 Å². The molecule has 1 aromatic carbocycles. The van der Waals surface area contributed by atoms with E-state index in [0.29, 0.717) is 11.9 Å². The van der Waals surface area contributed by atoms with Crippen LogP contribution in [-0.4, -0.2) is 31.1 Å². The first-order chi connectivity index (χ1) is 9.15. The molecule has 2 atom stereocenters. The van der Waals surface area contributed by atoms with Gasteiger partial charge in [-0.05, 0) is 31.0 Å². The first kappa shape index (κ1) is 12.8. The van der Waals surface area contributed by atoms with E-state index in [1.807, 2.05) is 24.3 Å². The van der Waals surface area contributed by atoms with Crippen molar-refractivity contribution >= 4 is 23.2 Å². The number of para-hydroxylation sites is 1. The average Bonchev–Trinajstić information content (AvgIpc) is 2.73. The van der Waals surface area contributed by atoms with Gasteiger partial charge in [-0.2, -0.15) is 0 Å². The zero-order valence-corrected chi connectivity index (χ0v) is 11.8. The lowest BCUT2D eigenvalue weighted by Crippen LogP contribution is -2.61. The van der Waals surface area contributed by atoms with Crippen LogP contribution in [0.25, 0.3) is 0 Å². The molecule has 2 unspecified atom stereocenters. The summed E-state index contributed by atoms with van der Waals surface area (Å²) in [6.07, 6.45) is 1.03. The van der Waals surface area contributed by atoms with Gasteiger partial charge in [0.2, 0.25) is 0 Å². The molecule has 2 heterocycles. The smallest absolute Gasteiger partial charge is 0.196 e. The topological polar surface area (TPSA) is 53.6 Å². The van der Waals surface area contributed by atoms with Gasteiger partial charge in [0.05, 0.1) is 22.8 Å². The van der Waals surface area contributed by atoms with Gasteiger partial charge in [0.1, 0.15) is 0 Å². The van der Waals surface area contributed by atoms with Crippen molar-refractivity contribution in [3.8, 4) is 0 Å². The zero-order chi connectivity index (χ0) is 13.5. The summed E-state index contributed by atoms with van der Waals surface area (Å²) in [5.41, 5.74) is 7.09. The normalized spacial score (nSPS) is 30.7. The van der Waals surface area contributed by atoms with Crippen molar-refractivity contribution in [2.75, 3.05) is 24.5 Å². The van der Waals surface area contributed by atoms with Crippen LogP contribution in [0.2, 0.25) is 5.02 Å². The van der Waals surface area contributed by atoms with Crippen molar-refractivity contribution in [1.82, 2.24) is 5.32 Å². The number of halogens is 1. The summed E-state index contributed by atoms with van der Waals surface area (Å²) in [6, 6.07) is 7.86. The van der Waals surface area contributed by atoms with E-state index in [2.05, 4.69) is 22.1 Å². The quantitative estimate of drug-likeness (QED) is 0.824. The van der Waals surface area contributed by atoms with Crippen molar-refractivity contribution < 1.29 is 0 Å². The molecular weight excluding hydrogens is 260 g/mol. The maximum absolute atomic E-state index is 6.35. The fourth-order valence-corrected chi connectivity index (χ4v) is 3.43. The minimum absolute atomic E-state index is 0.0275. The van der Waals surface area contributed by atoms with Gasteiger partial charge in [-0.25, -0.2) is 0 Å². The first-order valence-electron chi connectivity index (χ1n) is 6.70. The predicted octanol–water partition coefficient (Wildman–Crippen LogP) is 1.84. The van der Waals surface area contributed by atoms with Gasteiger partial charge in [0.25, 0.3) is 0 Å². The third-order valence-electron chi connectivity index (χ3n) is 4.39. The number of hydrogen-bond acceptors (Lipinski definition) is 4. The van der Waals surface area contributed by atoms with Crippen LogP contribution in [0.15, 0.2) is 29.3 Å². The van der Waals surface area contributed by atoms with Crippen molar-refractivity contribution in [2.45, 2.75) is 18.9 Å². The van der Waals surface area contributed by atoms with E-state index >= 15 is 0 Å². The highest BCUT2D eigenvalue weighted by Crippen LogP contribution is 2.40. The van der Waals surface area contributed by atoms with Crippen LogP contribution in [-0.2, 0) is 0 Å². The van der Waals surface area contributed by atoms with Gasteiger partial charge in [-0.15, -0.1) is 0 Å². The molecule has 1 fully saturated rings. The number of benzene rings is 1. The van der Waals surface area contributed by atoms with Crippen LogP contribution in [0.1, 0.15) is 13.3 Å². The molecule has 0 bridgehead atoms. The fraction of sp³-hybridized carbons (Fsp3) is 0.500. The number of nitrogens with zero attached hydrogens (tertiary/aromatic N) is 2. The highest BCUT2D eigenvalue weighted by atomic mass is 35.5. The van der Waals surface area contributed by atoms with Crippen molar-refractivity contribution in [1.29, 1.82) is 0 Å². The summed E-state index contributed by atoms with van der Waals surface area (Å²) in [7, 11) is 0. The zero-order valence-electron chi connectivity index (χ0n) is 11.1. The van der Waals surface area contributed by atoms with E-state index in [4.69, 9.17) is 17.3 Å². The summed E-state index contributed by atoms with van der Waals surface area (Å²) >= 11 is 6.35. The molecule has 5 heteroatoms. The van der Waals surface area contributed by atoms with Gasteiger partial charge < -0.3 is 16.0 Å². The monoisotopic (exact) mass is 278 g/mol. The molecule has 2 aliphatic rings. The van der Waals surface area contributed by atoms with Crippen LogP contribution >= 0.6 is 11.6 Å². The number of rotatable bonds is 1. The largest absolute Gasteiger partial charge is 0.369 e. The molecule has 3 N–H and O–H groups in total. The molecule has 2 aliphatic heterocycles. The Kier molecular flexibility index (Phi) is 3.15. The number of piperidine rings is 1. The summed E-state index contributed by atoms with van der Waals surface area (Å²) in [4.78, 5) is 6.65. The van der Waals surface area contributed by atoms with E-state index in [9.17, 15) is 0 Å². The van der Waals surface area contributed by atoms with Crippen molar-refractivity contribution in [3.63, 3.8) is 0 Å². The molecule has 3 rings (SSSR count). The maximum atomic E-state index is 6.35. The third kappa shape index (κ3) is 1.90. The Balaban J connectivity index is 2.06. The minimum atomic E-state index is -0.0275. The molecule has 1 aromatic rings. The van der Waals surface area contributed by atoms with Crippen LogP contribution in [0.4, 0.5) is 5.69 Å². The Morgan fingerprint density at radius 3 is 3.00 bits per heavy atom.